The molecule has 0 saturated carbocycles. The Bertz CT molecular complexity index is 1260. The van der Waals surface area contributed by atoms with Gasteiger partial charge in [0.2, 0.25) is 5.95 Å². The molecule has 4 rings (SSSR count). The minimum atomic E-state index is -0.578. The summed E-state index contributed by atoms with van der Waals surface area (Å²) < 4.78 is 4.86. The lowest BCUT2D eigenvalue weighted by Gasteiger charge is -2.12. The molecular formula is C22H20N8O2. The van der Waals surface area contributed by atoms with Crippen LogP contribution in [0.25, 0.3) is 11.5 Å². The lowest BCUT2D eigenvalue weighted by Crippen LogP contribution is -2.10. The maximum atomic E-state index is 12.2. The van der Waals surface area contributed by atoms with Crippen LogP contribution in [0, 0.1) is 6.92 Å². The number of pyridine rings is 1. The molecule has 0 fully saturated rings. The number of anilines is 5. The van der Waals surface area contributed by atoms with E-state index < -0.39 is 5.97 Å². The molecule has 1 aromatic carbocycles. The highest BCUT2D eigenvalue weighted by atomic mass is 16.5. The van der Waals surface area contributed by atoms with Crippen molar-refractivity contribution in [3.63, 3.8) is 0 Å². The number of nitrogens with two attached hydrogens (primary N) is 1. The van der Waals surface area contributed by atoms with Crippen LogP contribution in [0.3, 0.4) is 0 Å². The zero-order valence-corrected chi connectivity index (χ0v) is 17.4. The van der Waals surface area contributed by atoms with Crippen molar-refractivity contribution >= 4 is 34.9 Å². The topological polar surface area (TPSA) is 141 Å². The van der Waals surface area contributed by atoms with Crippen molar-refractivity contribution in [3.8, 4) is 11.5 Å². The number of hydrogen-bond acceptors (Lipinski definition) is 10. The van der Waals surface area contributed by atoms with E-state index in [1.165, 1.54) is 13.3 Å². The number of nitrogens with one attached hydrogen (secondary N) is 2. The monoisotopic (exact) mass is 428 g/mol. The lowest BCUT2D eigenvalue weighted by atomic mass is 10.2. The summed E-state index contributed by atoms with van der Waals surface area (Å²) in [6.07, 6.45) is 2.98. The second kappa shape index (κ2) is 9.04. The molecule has 0 aliphatic heterocycles. The fourth-order valence-corrected chi connectivity index (χ4v) is 2.83. The van der Waals surface area contributed by atoms with Crippen LogP contribution in [0.4, 0.5) is 29.0 Å². The first-order valence-corrected chi connectivity index (χ1v) is 9.64. The van der Waals surface area contributed by atoms with Gasteiger partial charge in [0, 0.05) is 29.5 Å². The van der Waals surface area contributed by atoms with Crippen LogP contribution >= 0.6 is 0 Å². The maximum absolute atomic E-state index is 12.2. The summed E-state index contributed by atoms with van der Waals surface area (Å²) in [5.74, 6) is 0.796. The zero-order valence-electron chi connectivity index (χ0n) is 17.4. The molecule has 4 aromatic rings. The van der Waals surface area contributed by atoms with Crippen molar-refractivity contribution in [1.82, 2.24) is 24.9 Å². The predicted octanol–water partition coefficient (Wildman–Crippen LogP) is 3.49. The van der Waals surface area contributed by atoms with E-state index in [0.29, 0.717) is 29.0 Å². The van der Waals surface area contributed by atoms with E-state index in [4.69, 9.17) is 10.5 Å². The average molecular weight is 428 g/mol. The Morgan fingerprint density at radius 2 is 1.78 bits per heavy atom. The first-order chi connectivity index (χ1) is 15.5. The molecule has 0 spiro atoms. The predicted molar refractivity (Wildman–Crippen MR) is 121 cm³/mol. The van der Waals surface area contributed by atoms with Gasteiger partial charge in [0.15, 0.2) is 5.82 Å². The quantitative estimate of drug-likeness (QED) is 0.309. The number of esters is 1. The Morgan fingerprint density at radius 1 is 0.969 bits per heavy atom. The molecule has 32 heavy (non-hydrogen) atoms. The van der Waals surface area contributed by atoms with E-state index in [0.717, 1.165) is 11.4 Å². The number of aromatic nitrogens is 5. The first kappa shape index (κ1) is 20.7. The molecule has 10 nitrogen and oxygen atoms in total. The molecule has 4 N–H and O–H groups in total. The van der Waals surface area contributed by atoms with E-state index in [9.17, 15) is 4.79 Å². The van der Waals surface area contributed by atoms with Crippen LogP contribution in [0.15, 0.2) is 60.9 Å². The molecule has 0 radical (unpaired) electrons. The summed E-state index contributed by atoms with van der Waals surface area (Å²) in [5, 5.41) is 6.15. The van der Waals surface area contributed by atoms with Gasteiger partial charge in [-0.25, -0.2) is 24.7 Å². The highest BCUT2D eigenvalue weighted by Crippen LogP contribution is 2.23. The number of aryl methyl sites for hydroxylation is 1. The number of methoxy groups -OCH3 is 1. The van der Waals surface area contributed by atoms with Crippen molar-refractivity contribution in [1.29, 1.82) is 0 Å². The fraction of sp³-hybridized carbons (Fsp3) is 0.0909. The van der Waals surface area contributed by atoms with Crippen LogP contribution in [0.2, 0.25) is 0 Å². The van der Waals surface area contributed by atoms with E-state index in [-0.39, 0.29) is 11.4 Å². The number of hydrogen-bond donors (Lipinski definition) is 3. The number of nitrogen functional groups attached to an aromatic ring is 1. The summed E-state index contributed by atoms with van der Waals surface area (Å²) in [6.45, 7) is 1.88. The van der Waals surface area contributed by atoms with Crippen molar-refractivity contribution in [2.24, 2.45) is 0 Å². The third-order valence-electron chi connectivity index (χ3n) is 4.38. The molecule has 0 aliphatic carbocycles. The number of benzene rings is 1. The molecule has 0 bridgehead atoms. The van der Waals surface area contributed by atoms with Crippen LogP contribution in [0.1, 0.15) is 16.1 Å². The van der Waals surface area contributed by atoms with Crippen LogP contribution in [-0.4, -0.2) is 38.0 Å². The minimum absolute atomic E-state index is 0.163. The SMILES string of the molecule is COC(=O)c1cnc(-c2cccc(C)n2)nc1Nc1ccnc(Nc2ccc(N)cc2)n1. The van der Waals surface area contributed by atoms with Gasteiger partial charge in [0.25, 0.3) is 0 Å². The van der Waals surface area contributed by atoms with Crippen molar-refractivity contribution < 1.29 is 9.53 Å². The van der Waals surface area contributed by atoms with Gasteiger partial charge in [-0.05, 0) is 49.4 Å². The standard InChI is InChI=1S/C22H20N8O2/c1-13-4-3-5-17(26-13)20-25-12-16(21(31)32-2)19(30-20)28-18-10-11-24-22(29-18)27-15-8-6-14(23)7-9-15/h3-12H,23H2,1-2H3,(H2,24,25,27,28,29,30). The molecule has 0 saturated heterocycles. The number of carbonyl (C=O) groups is 1. The summed E-state index contributed by atoms with van der Waals surface area (Å²) in [4.78, 5) is 34.1. The Kier molecular flexibility index (Phi) is 5.84. The van der Waals surface area contributed by atoms with Crippen molar-refractivity contribution in [3.05, 3.63) is 72.2 Å². The number of carbonyl (C=O) groups excluding carboxylic acids is 1. The Balaban J connectivity index is 1.65. The molecule has 0 unspecified atom stereocenters. The minimum Gasteiger partial charge on any atom is -0.465 e. The van der Waals surface area contributed by atoms with Crippen LogP contribution in [-0.2, 0) is 4.74 Å². The normalized spacial score (nSPS) is 10.4. The summed E-state index contributed by atoms with van der Waals surface area (Å²) in [6, 6.07) is 14.4. The molecule has 0 atom stereocenters. The Labute approximate surface area is 184 Å². The third kappa shape index (κ3) is 4.75. The second-order valence-electron chi connectivity index (χ2n) is 6.75. The summed E-state index contributed by atoms with van der Waals surface area (Å²) in [7, 11) is 1.29. The molecule has 3 heterocycles. The van der Waals surface area contributed by atoms with Crippen LogP contribution < -0.4 is 16.4 Å². The number of ether oxygens (including phenoxy) is 1. The molecule has 3 aromatic heterocycles. The highest BCUT2D eigenvalue weighted by Gasteiger charge is 2.17. The van der Waals surface area contributed by atoms with Gasteiger partial charge >= 0.3 is 5.97 Å². The number of rotatable bonds is 6. The fourth-order valence-electron chi connectivity index (χ4n) is 2.83. The maximum Gasteiger partial charge on any atom is 0.343 e. The molecule has 0 amide bonds. The van der Waals surface area contributed by atoms with E-state index in [2.05, 4.69) is 35.6 Å². The van der Waals surface area contributed by atoms with Gasteiger partial charge in [-0.2, -0.15) is 4.98 Å². The van der Waals surface area contributed by atoms with Gasteiger partial charge in [-0.15, -0.1) is 0 Å². The first-order valence-electron chi connectivity index (χ1n) is 9.64. The Morgan fingerprint density at radius 3 is 2.53 bits per heavy atom. The smallest absolute Gasteiger partial charge is 0.343 e. The molecule has 160 valence electrons. The molecular weight excluding hydrogens is 408 g/mol. The van der Waals surface area contributed by atoms with Crippen molar-refractivity contribution in [2.75, 3.05) is 23.5 Å². The average Bonchev–Trinajstić information content (AvgIpc) is 2.80. The highest BCUT2D eigenvalue weighted by molar-refractivity contribution is 5.95. The summed E-state index contributed by atoms with van der Waals surface area (Å²) >= 11 is 0. The van der Waals surface area contributed by atoms with E-state index in [1.54, 1.807) is 30.5 Å². The summed E-state index contributed by atoms with van der Waals surface area (Å²) in [5.41, 5.74) is 8.73. The molecule has 0 aliphatic rings. The lowest BCUT2D eigenvalue weighted by molar-refractivity contribution is 0.0601. The molecule has 10 heteroatoms. The van der Waals surface area contributed by atoms with Gasteiger partial charge in [-0.3, -0.25) is 0 Å². The van der Waals surface area contributed by atoms with Crippen molar-refractivity contribution in [2.45, 2.75) is 6.92 Å². The van der Waals surface area contributed by atoms with E-state index >= 15 is 0 Å². The second-order valence-corrected chi connectivity index (χ2v) is 6.75. The van der Waals surface area contributed by atoms with Gasteiger partial charge in [0.1, 0.15) is 22.9 Å². The zero-order chi connectivity index (χ0) is 22.5. The Hall–Kier alpha value is -4.60. The number of nitrogens with zero attached hydrogens (tertiary/aromatic N) is 5. The van der Waals surface area contributed by atoms with Gasteiger partial charge in [0.05, 0.1) is 7.11 Å². The van der Waals surface area contributed by atoms with Gasteiger partial charge in [-0.1, -0.05) is 6.07 Å². The largest absolute Gasteiger partial charge is 0.465 e. The van der Waals surface area contributed by atoms with Gasteiger partial charge < -0.3 is 21.1 Å². The van der Waals surface area contributed by atoms with Crippen LogP contribution in [0.5, 0.6) is 0 Å². The van der Waals surface area contributed by atoms with E-state index in [1.807, 2.05) is 31.2 Å². The third-order valence-corrected chi connectivity index (χ3v) is 4.38.